The molecular formula is C44H44IrN2OSi-2. The number of hydrogen-bond acceptors (Lipinski definition) is 3. The first-order chi connectivity index (χ1) is 23.0. The Hall–Kier alpha value is -4.15. The second kappa shape index (κ2) is 15.2. The molecule has 0 spiro atoms. The molecule has 0 unspecified atom stereocenters. The number of nitrogens with zero attached hydrogens (tertiary/aromatic N) is 2. The Morgan fingerprint density at radius 3 is 2.14 bits per heavy atom. The molecule has 7 aromatic rings. The quantitative estimate of drug-likeness (QED) is 0.119. The van der Waals surface area contributed by atoms with Crippen molar-refractivity contribution in [3.63, 3.8) is 0 Å². The summed E-state index contributed by atoms with van der Waals surface area (Å²) in [5, 5.41) is 3.72. The van der Waals surface area contributed by atoms with Gasteiger partial charge in [0.15, 0.2) is 0 Å². The van der Waals surface area contributed by atoms with Crippen LogP contribution in [0.25, 0.3) is 44.5 Å². The molecule has 0 atom stereocenters. The zero-order chi connectivity index (χ0) is 33.9. The maximum Gasteiger partial charge on any atom is 0.125 e. The summed E-state index contributed by atoms with van der Waals surface area (Å²) in [6.07, 6.45) is 5.04. The van der Waals surface area contributed by atoms with Crippen LogP contribution in [0.2, 0.25) is 19.6 Å². The van der Waals surface area contributed by atoms with Crippen LogP contribution in [0.15, 0.2) is 126 Å². The summed E-state index contributed by atoms with van der Waals surface area (Å²) in [4.78, 5) is 9.18. The van der Waals surface area contributed by atoms with Crippen LogP contribution in [-0.4, -0.2) is 18.0 Å². The number of benzene rings is 4. The molecule has 0 saturated carbocycles. The van der Waals surface area contributed by atoms with Gasteiger partial charge in [-0.15, -0.1) is 54.1 Å². The molecule has 4 aromatic carbocycles. The van der Waals surface area contributed by atoms with E-state index in [2.05, 4.69) is 142 Å². The van der Waals surface area contributed by atoms with E-state index < -0.39 is 8.07 Å². The second-order valence-electron chi connectivity index (χ2n) is 14.4. The van der Waals surface area contributed by atoms with Gasteiger partial charge in [0.1, 0.15) is 5.58 Å². The number of pyridine rings is 2. The van der Waals surface area contributed by atoms with Gasteiger partial charge in [-0.2, -0.15) is 0 Å². The molecule has 5 heteroatoms. The Morgan fingerprint density at radius 2 is 1.47 bits per heavy atom. The van der Waals surface area contributed by atoms with Gasteiger partial charge < -0.3 is 14.4 Å². The van der Waals surface area contributed by atoms with Crippen molar-refractivity contribution in [1.82, 2.24) is 9.97 Å². The van der Waals surface area contributed by atoms with Crippen molar-refractivity contribution in [2.24, 2.45) is 5.92 Å². The Kier molecular flexibility index (Phi) is 11.2. The molecule has 0 amide bonds. The predicted molar refractivity (Wildman–Crippen MR) is 204 cm³/mol. The third-order valence-corrected chi connectivity index (χ3v) is 11.0. The van der Waals surface area contributed by atoms with Crippen LogP contribution in [-0.2, 0) is 31.9 Å². The van der Waals surface area contributed by atoms with Crippen LogP contribution in [0.3, 0.4) is 0 Å². The predicted octanol–water partition coefficient (Wildman–Crippen LogP) is 11.1. The molecule has 7 rings (SSSR count). The molecule has 251 valence electrons. The van der Waals surface area contributed by atoms with Crippen molar-refractivity contribution >= 4 is 35.2 Å². The van der Waals surface area contributed by atoms with E-state index in [4.69, 9.17) is 4.42 Å². The molecule has 0 bridgehead atoms. The van der Waals surface area contributed by atoms with E-state index in [-0.39, 0.29) is 25.5 Å². The topological polar surface area (TPSA) is 38.9 Å². The molecule has 3 nitrogen and oxygen atoms in total. The van der Waals surface area contributed by atoms with Gasteiger partial charge in [-0.3, -0.25) is 0 Å². The molecule has 49 heavy (non-hydrogen) atoms. The fraction of sp³-hybridized carbons (Fsp3) is 0.227. The summed E-state index contributed by atoms with van der Waals surface area (Å²) in [6.45, 7) is 16.2. The van der Waals surface area contributed by atoms with Crippen LogP contribution in [0, 0.1) is 18.1 Å². The molecular weight excluding hydrogens is 793 g/mol. The standard InChI is InChI=1S/C26H20NO.C18H24NSi.Ir/c1-26(2,18-10-4-3-5-11-18)22-15-9-13-20-19-12-8-14-21(24(19)28-25(20)22)23-16-6-7-17-27-23;1-14(2)11-16-12-17(15-9-7-6-8-10-15)19-13-18(16)20(3,4)5;/h3-13,15-17H,1-2H3;6-9,12-14H,11H2,1-5H3;/q2*-1;. The molecule has 1 radical (unpaired) electrons. The van der Waals surface area contributed by atoms with Crippen LogP contribution < -0.4 is 5.19 Å². The molecule has 0 saturated heterocycles. The molecule has 3 aromatic heterocycles. The Morgan fingerprint density at radius 1 is 0.735 bits per heavy atom. The van der Waals surface area contributed by atoms with Crippen LogP contribution in [0.4, 0.5) is 0 Å². The van der Waals surface area contributed by atoms with Crippen LogP contribution in [0.1, 0.15) is 44.4 Å². The summed E-state index contributed by atoms with van der Waals surface area (Å²) >= 11 is 0. The van der Waals surface area contributed by atoms with Crippen molar-refractivity contribution in [3.05, 3.63) is 150 Å². The Balaban J connectivity index is 0.000000199. The van der Waals surface area contributed by atoms with Gasteiger partial charge in [-0.25, -0.2) is 0 Å². The summed E-state index contributed by atoms with van der Waals surface area (Å²) in [7, 11) is -1.34. The van der Waals surface area contributed by atoms with Gasteiger partial charge in [-0.05, 0) is 40.5 Å². The third kappa shape index (κ3) is 7.86. The van der Waals surface area contributed by atoms with Gasteiger partial charge in [0.05, 0.1) is 13.7 Å². The van der Waals surface area contributed by atoms with Crippen molar-refractivity contribution in [1.29, 1.82) is 0 Å². The third-order valence-electron chi connectivity index (χ3n) is 8.96. The molecule has 3 heterocycles. The summed E-state index contributed by atoms with van der Waals surface area (Å²) < 4.78 is 6.51. The maximum atomic E-state index is 6.51. The minimum atomic E-state index is -1.34. The van der Waals surface area contributed by atoms with Crippen molar-refractivity contribution < 1.29 is 24.5 Å². The first-order valence-corrected chi connectivity index (χ1v) is 20.3. The zero-order valence-corrected chi connectivity index (χ0v) is 32.9. The molecule has 0 aliphatic rings. The average Bonchev–Trinajstić information content (AvgIpc) is 3.48. The maximum absolute atomic E-state index is 6.51. The minimum Gasteiger partial charge on any atom is -0.500 e. The SMILES string of the molecule is CC(C)(c1ccccc1)c1cccc2c1oc1c(-c3ccccn3)[c-]ccc12.CC(C)Cc1cc(-c2[c-]cccc2)ncc1[Si](C)(C)C.[Ir]. The fourth-order valence-corrected chi connectivity index (χ4v) is 8.04. The summed E-state index contributed by atoms with van der Waals surface area (Å²) in [5.74, 6) is 0.667. The van der Waals surface area contributed by atoms with E-state index in [1.807, 2.05) is 42.5 Å². The van der Waals surface area contributed by atoms with Crippen LogP contribution in [0.5, 0.6) is 0 Å². The number of aromatic nitrogens is 2. The largest absolute Gasteiger partial charge is 0.500 e. The number of para-hydroxylation sites is 1. The van der Waals surface area contributed by atoms with E-state index in [1.54, 1.807) is 6.20 Å². The zero-order valence-electron chi connectivity index (χ0n) is 29.5. The van der Waals surface area contributed by atoms with E-state index in [9.17, 15) is 0 Å². The number of hydrogen-bond donors (Lipinski definition) is 0. The smallest absolute Gasteiger partial charge is 0.125 e. The fourth-order valence-electron chi connectivity index (χ4n) is 6.45. The monoisotopic (exact) mass is 837 g/mol. The van der Waals surface area contributed by atoms with Crippen molar-refractivity contribution in [3.8, 4) is 22.5 Å². The van der Waals surface area contributed by atoms with Gasteiger partial charge in [0.25, 0.3) is 0 Å². The summed E-state index contributed by atoms with van der Waals surface area (Å²) in [6, 6.07) is 43.9. The van der Waals surface area contributed by atoms with Crippen molar-refractivity contribution in [2.45, 2.75) is 59.2 Å². The van der Waals surface area contributed by atoms with Gasteiger partial charge >= 0.3 is 0 Å². The normalized spacial score (nSPS) is 11.7. The van der Waals surface area contributed by atoms with Gasteiger partial charge in [0.2, 0.25) is 0 Å². The molecule has 0 fully saturated rings. The van der Waals surface area contributed by atoms with E-state index >= 15 is 0 Å². The Bertz CT molecular complexity index is 2130. The summed E-state index contributed by atoms with van der Waals surface area (Å²) in [5.41, 5.74) is 9.41. The molecule has 0 aliphatic heterocycles. The van der Waals surface area contributed by atoms with E-state index in [0.29, 0.717) is 5.92 Å². The van der Waals surface area contributed by atoms with E-state index in [0.717, 1.165) is 50.9 Å². The first-order valence-electron chi connectivity index (χ1n) is 16.8. The second-order valence-corrected chi connectivity index (χ2v) is 19.5. The minimum absolute atomic E-state index is 0. The van der Waals surface area contributed by atoms with Crippen LogP contribution >= 0.6 is 0 Å². The van der Waals surface area contributed by atoms with Gasteiger partial charge in [-0.1, -0.05) is 131 Å². The van der Waals surface area contributed by atoms with E-state index in [1.165, 1.54) is 21.9 Å². The number of rotatable bonds is 7. The first kappa shape index (κ1) is 36.1. The number of furan rings is 1. The van der Waals surface area contributed by atoms with Gasteiger partial charge in [0, 0.05) is 48.9 Å². The average molecular weight is 837 g/mol. The Labute approximate surface area is 306 Å². The van der Waals surface area contributed by atoms with Crippen molar-refractivity contribution in [2.75, 3.05) is 0 Å². The molecule has 0 aliphatic carbocycles. The number of fused-ring (bicyclic) bond motifs is 3. The molecule has 0 N–H and O–H groups in total.